The molecule has 1 aromatic rings. The molecule has 4 nitrogen and oxygen atoms in total. The zero-order valence-electron chi connectivity index (χ0n) is 9.24. The summed E-state index contributed by atoms with van der Waals surface area (Å²) in [4.78, 5) is 12.7. The minimum absolute atomic E-state index is 0.0756. The lowest BCUT2D eigenvalue weighted by Crippen LogP contribution is -2.27. The molecule has 0 aliphatic carbocycles. The van der Waals surface area contributed by atoms with Crippen LogP contribution in [-0.2, 0) is 13.8 Å². The summed E-state index contributed by atoms with van der Waals surface area (Å²) in [5.74, 6) is -3.01. The molecule has 104 valence electrons. The van der Waals surface area contributed by atoms with E-state index >= 15 is 0 Å². The molecule has 2 rings (SSSR count). The molecule has 0 spiro atoms. The van der Waals surface area contributed by atoms with Crippen LogP contribution < -0.4 is 4.90 Å². The lowest BCUT2D eigenvalue weighted by atomic mass is 10.2. The fourth-order valence-corrected chi connectivity index (χ4v) is 3.10. The highest BCUT2D eigenvalue weighted by Gasteiger charge is 2.39. The van der Waals surface area contributed by atoms with Crippen LogP contribution in [0.15, 0.2) is 12.1 Å². The molecule has 1 aliphatic rings. The third-order valence-corrected chi connectivity index (χ3v) is 5.02. The molecule has 1 atom stereocenters. The average Bonchev–Trinajstić information content (AvgIpc) is 2.68. The first-order chi connectivity index (χ1) is 8.71. The Labute approximate surface area is 117 Å². The summed E-state index contributed by atoms with van der Waals surface area (Å²) in [6, 6.07) is 1.92. The van der Waals surface area contributed by atoms with Crippen molar-refractivity contribution in [3.8, 4) is 0 Å². The van der Waals surface area contributed by atoms with Crippen LogP contribution in [0.2, 0.25) is 5.02 Å². The molecule has 0 N–H and O–H groups in total. The number of hydrogen-bond donors (Lipinski definition) is 0. The summed E-state index contributed by atoms with van der Waals surface area (Å²) in [5, 5.41) is -1.66. The molecular weight excluding hydrogens is 323 g/mol. The van der Waals surface area contributed by atoms with Crippen LogP contribution in [0.5, 0.6) is 0 Å². The van der Waals surface area contributed by atoms with E-state index in [1.54, 1.807) is 0 Å². The molecule has 1 heterocycles. The molecule has 1 amide bonds. The van der Waals surface area contributed by atoms with Crippen molar-refractivity contribution >= 4 is 42.9 Å². The van der Waals surface area contributed by atoms with Gasteiger partial charge in [0.1, 0.15) is 10.3 Å². The first kappa shape index (κ1) is 14.5. The SMILES string of the molecule is O=C1CC(S(=O)(=O)Cl)CN1c1ccc(F)c(F)c1Cl. The molecule has 1 fully saturated rings. The highest BCUT2D eigenvalue weighted by Crippen LogP contribution is 2.34. The van der Waals surface area contributed by atoms with Crippen LogP contribution in [0.3, 0.4) is 0 Å². The summed E-state index contributed by atoms with van der Waals surface area (Å²) in [7, 11) is 1.27. The second-order valence-electron chi connectivity index (χ2n) is 4.00. The van der Waals surface area contributed by atoms with Gasteiger partial charge in [-0.15, -0.1) is 0 Å². The Bertz CT molecular complexity index is 650. The van der Waals surface area contributed by atoms with Gasteiger partial charge in [0, 0.05) is 23.6 Å². The number of amides is 1. The summed E-state index contributed by atoms with van der Waals surface area (Å²) >= 11 is 5.61. The second kappa shape index (κ2) is 4.88. The number of carbonyl (C=O) groups excluding carboxylic acids is 1. The molecule has 1 aliphatic heterocycles. The van der Waals surface area contributed by atoms with E-state index in [0.717, 1.165) is 17.0 Å². The topological polar surface area (TPSA) is 54.5 Å². The Kier molecular flexibility index (Phi) is 3.72. The van der Waals surface area contributed by atoms with Crippen molar-refractivity contribution in [1.82, 2.24) is 0 Å². The fourth-order valence-electron chi connectivity index (χ4n) is 1.82. The van der Waals surface area contributed by atoms with E-state index in [9.17, 15) is 22.0 Å². The number of halogens is 4. The molecule has 1 unspecified atom stereocenters. The van der Waals surface area contributed by atoms with Gasteiger partial charge in [0.25, 0.3) is 0 Å². The van der Waals surface area contributed by atoms with E-state index in [1.165, 1.54) is 0 Å². The van der Waals surface area contributed by atoms with Gasteiger partial charge in [-0.2, -0.15) is 0 Å². The van der Waals surface area contributed by atoms with Crippen LogP contribution in [0, 0.1) is 11.6 Å². The van der Waals surface area contributed by atoms with E-state index in [0.29, 0.717) is 0 Å². The van der Waals surface area contributed by atoms with Gasteiger partial charge < -0.3 is 4.90 Å². The quantitative estimate of drug-likeness (QED) is 0.618. The standard InChI is InChI=1S/C10H7Cl2F2NO3S/c11-9-7(2-1-6(13)10(9)14)15-4-5(3-8(15)16)19(12,17)18/h1-2,5H,3-4H2. The van der Waals surface area contributed by atoms with Crippen molar-refractivity contribution in [2.75, 3.05) is 11.4 Å². The smallest absolute Gasteiger partial charge is 0.237 e. The van der Waals surface area contributed by atoms with Crippen LogP contribution in [0.25, 0.3) is 0 Å². The predicted octanol–water partition coefficient (Wildman–Crippen LogP) is 2.29. The van der Waals surface area contributed by atoms with Crippen molar-refractivity contribution in [2.24, 2.45) is 0 Å². The van der Waals surface area contributed by atoms with E-state index in [4.69, 9.17) is 22.3 Å². The third kappa shape index (κ3) is 2.68. The molecule has 1 saturated heterocycles. The van der Waals surface area contributed by atoms with Gasteiger partial charge in [-0.1, -0.05) is 11.6 Å². The first-order valence-electron chi connectivity index (χ1n) is 5.09. The number of benzene rings is 1. The minimum atomic E-state index is -3.91. The summed E-state index contributed by atoms with van der Waals surface area (Å²) in [5.41, 5.74) is -0.0756. The first-order valence-corrected chi connectivity index (χ1v) is 7.84. The Hall–Kier alpha value is -0.920. The van der Waals surface area contributed by atoms with Crippen molar-refractivity contribution in [3.05, 3.63) is 28.8 Å². The summed E-state index contributed by atoms with van der Waals surface area (Å²) in [6.07, 6.45) is -0.318. The predicted molar refractivity (Wildman–Crippen MR) is 66.9 cm³/mol. The maximum atomic E-state index is 13.3. The lowest BCUT2D eigenvalue weighted by molar-refractivity contribution is -0.117. The Balaban J connectivity index is 2.39. The van der Waals surface area contributed by atoms with Gasteiger partial charge in [-0.05, 0) is 12.1 Å². The Morgan fingerprint density at radius 3 is 2.47 bits per heavy atom. The van der Waals surface area contributed by atoms with Crippen molar-refractivity contribution in [3.63, 3.8) is 0 Å². The van der Waals surface area contributed by atoms with Crippen molar-refractivity contribution < 1.29 is 22.0 Å². The number of nitrogens with zero attached hydrogens (tertiary/aromatic N) is 1. The van der Waals surface area contributed by atoms with E-state index < -0.39 is 36.9 Å². The zero-order chi connectivity index (χ0) is 14.4. The Morgan fingerprint density at radius 2 is 1.95 bits per heavy atom. The van der Waals surface area contributed by atoms with Gasteiger partial charge in [0.05, 0.1) is 5.69 Å². The second-order valence-corrected chi connectivity index (χ2v) is 7.29. The number of carbonyl (C=O) groups is 1. The zero-order valence-corrected chi connectivity index (χ0v) is 11.6. The maximum absolute atomic E-state index is 13.3. The molecule has 0 saturated carbocycles. The molecular formula is C10H7Cl2F2NO3S. The summed E-state index contributed by atoms with van der Waals surface area (Å²) in [6.45, 7) is -0.241. The largest absolute Gasteiger partial charge is 0.309 e. The normalized spacial score (nSPS) is 20.1. The fraction of sp³-hybridized carbons (Fsp3) is 0.300. The van der Waals surface area contributed by atoms with Crippen LogP contribution in [0.4, 0.5) is 14.5 Å². The number of rotatable bonds is 2. The van der Waals surface area contributed by atoms with E-state index in [1.807, 2.05) is 0 Å². The van der Waals surface area contributed by atoms with Crippen molar-refractivity contribution in [1.29, 1.82) is 0 Å². The molecule has 0 aromatic heterocycles. The molecule has 1 aromatic carbocycles. The van der Waals surface area contributed by atoms with Crippen LogP contribution in [-0.4, -0.2) is 26.1 Å². The van der Waals surface area contributed by atoms with Crippen molar-refractivity contribution in [2.45, 2.75) is 11.7 Å². The molecule has 0 radical (unpaired) electrons. The molecule has 9 heteroatoms. The number of anilines is 1. The minimum Gasteiger partial charge on any atom is -0.309 e. The van der Waals surface area contributed by atoms with Gasteiger partial charge in [0.2, 0.25) is 15.0 Å². The summed E-state index contributed by atoms with van der Waals surface area (Å²) < 4.78 is 48.6. The third-order valence-electron chi connectivity index (χ3n) is 2.79. The molecule has 0 bridgehead atoms. The average molecular weight is 330 g/mol. The van der Waals surface area contributed by atoms with Gasteiger partial charge in [0.15, 0.2) is 11.6 Å². The van der Waals surface area contributed by atoms with E-state index in [-0.39, 0.29) is 18.7 Å². The van der Waals surface area contributed by atoms with Crippen LogP contribution in [0.1, 0.15) is 6.42 Å². The molecule has 19 heavy (non-hydrogen) atoms. The maximum Gasteiger partial charge on any atom is 0.237 e. The Morgan fingerprint density at radius 1 is 1.32 bits per heavy atom. The van der Waals surface area contributed by atoms with Crippen LogP contribution >= 0.6 is 22.3 Å². The van der Waals surface area contributed by atoms with Gasteiger partial charge in [-0.25, -0.2) is 17.2 Å². The van der Waals surface area contributed by atoms with E-state index in [2.05, 4.69) is 0 Å². The highest BCUT2D eigenvalue weighted by atomic mass is 35.7. The van der Waals surface area contributed by atoms with Gasteiger partial charge in [-0.3, -0.25) is 4.79 Å². The monoisotopic (exact) mass is 329 g/mol. The van der Waals surface area contributed by atoms with Gasteiger partial charge >= 0.3 is 0 Å². The highest BCUT2D eigenvalue weighted by molar-refractivity contribution is 8.14. The lowest BCUT2D eigenvalue weighted by Gasteiger charge is -2.18. The number of hydrogen-bond acceptors (Lipinski definition) is 3.